The maximum atomic E-state index is 4.51. The molecule has 0 saturated heterocycles. The molecule has 3 rings (SSSR count). The minimum atomic E-state index is 1.04. The lowest BCUT2D eigenvalue weighted by atomic mass is 10.0. The molecule has 0 amide bonds. The van der Waals surface area contributed by atoms with Gasteiger partial charge in [0.15, 0.2) is 0 Å². The molecule has 0 radical (unpaired) electrons. The predicted octanol–water partition coefficient (Wildman–Crippen LogP) is 5.56. The first-order valence-corrected chi connectivity index (χ1v) is 8.60. The van der Waals surface area contributed by atoms with Crippen LogP contribution < -0.4 is 4.90 Å². The number of pyridine rings is 1. The number of hydrogen-bond donors (Lipinski definition) is 0. The van der Waals surface area contributed by atoms with Crippen molar-refractivity contribution in [1.29, 1.82) is 0 Å². The highest BCUT2D eigenvalue weighted by Gasteiger charge is 2.03. The second-order valence-electron chi connectivity index (χ2n) is 5.97. The zero-order valence-corrected chi connectivity index (χ0v) is 14.7. The number of anilines is 1. The summed E-state index contributed by atoms with van der Waals surface area (Å²) in [7, 11) is 0. The molecule has 0 spiro atoms. The van der Waals surface area contributed by atoms with E-state index in [0.29, 0.717) is 0 Å². The fraction of sp³-hybridized carbons (Fsp3) is 0.227. The summed E-state index contributed by atoms with van der Waals surface area (Å²) in [6.07, 6.45) is 6.33. The first-order chi connectivity index (χ1) is 11.7. The van der Waals surface area contributed by atoms with E-state index in [9.17, 15) is 0 Å². The smallest absolute Gasteiger partial charge is 0.0708 e. The number of fused-ring (bicyclic) bond motifs is 1. The molecular formula is C22H24N2. The zero-order chi connectivity index (χ0) is 16.9. The van der Waals surface area contributed by atoms with Crippen LogP contribution in [0.15, 0.2) is 54.7 Å². The van der Waals surface area contributed by atoms with Crippen LogP contribution in [-0.2, 0) is 0 Å². The quantitative estimate of drug-likeness (QED) is 0.612. The van der Waals surface area contributed by atoms with Gasteiger partial charge in [-0.3, -0.25) is 4.98 Å². The minimum Gasteiger partial charge on any atom is -0.372 e. The fourth-order valence-corrected chi connectivity index (χ4v) is 3.05. The summed E-state index contributed by atoms with van der Waals surface area (Å²) in [6.45, 7) is 8.56. The Bertz CT molecular complexity index is 843. The highest BCUT2D eigenvalue weighted by Crippen LogP contribution is 2.23. The third kappa shape index (κ3) is 3.33. The van der Waals surface area contributed by atoms with Crippen LogP contribution >= 0.6 is 0 Å². The minimum absolute atomic E-state index is 1.04. The van der Waals surface area contributed by atoms with Crippen molar-refractivity contribution in [3.63, 3.8) is 0 Å². The Morgan fingerprint density at radius 2 is 1.62 bits per heavy atom. The van der Waals surface area contributed by atoms with E-state index in [1.54, 1.807) is 0 Å². The zero-order valence-electron chi connectivity index (χ0n) is 14.7. The van der Waals surface area contributed by atoms with E-state index in [0.717, 1.165) is 18.6 Å². The Morgan fingerprint density at radius 1 is 0.917 bits per heavy atom. The van der Waals surface area contributed by atoms with Crippen molar-refractivity contribution in [1.82, 2.24) is 4.98 Å². The summed E-state index contributed by atoms with van der Waals surface area (Å²) in [5.41, 5.74) is 5.98. The molecule has 0 N–H and O–H groups in total. The van der Waals surface area contributed by atoms with Crippen LogP contribution in [0.2, 0.25) is 0 Å². The number of rotatable bonds is 5. The molecule has 0 aliphatic rings. The molecule has 0 aliphatic carbocycles. The molecule has 24 heavy (non-hydrogen) atoms. The topological polar surface area (TPSA) is 16.1 Å². The molecule has 122 valence electrons. The van der Waals surface area contributed by atoms with Gasteiger partial charge in [-0.1, -0.05) is 42.5 Å². The molecule has 0 fully saturated rings. The fourth-order valence-electron chi connectivity index (χ4n) is 3.05. The van der Waals surface area contributed by atoms with Crippen molar-refractivity contribution in [2.24, 2.45) is 0 Å². The van der Waals surface area contributed by atoms with E-state index >= 15 is 0 Å². The Hall–Kier alpha value is -2.61. The average Bonchev–Trinajstić information content (AvgIpc) is 2.63. The molecule has 2 aromatic carbocycles. The van der Waals surface area contributed by atoms with Crippen molar-refractivity contribution in [3.8, 4) is 0 Å². The largest absolute Gasteiger partial charge is 0.372 e. The predicted molar refractivity (Wildman–Crippen MR) is 105 cm³/mol. The van der Waals surface area contributed by atoms with Gasteiger partial charge in [0.25, 0.3) is 0 Å². The number of hydrogen-bond acceptors (Lipinski definition) is 2. The van der Waals surface area contributed by atoms with Crippen molar-refractivity contribution >= 4 is 28.7 Å². The number of benzene rings is 2. The third-order valence-electron chi connectivity index (χ3n) is 4.48. The van der Waals surface area contributed by atoms with E-state index in [-0.39, 0.29) is 0 Å². The van der Waals surface area contributed by atoms with Gasteiger partial charge in [-0.05, 0) is 55.7 Å². The van der Waals surface area contributed by atoms with Crippen molar-refractivity contribution < 1.29 is 0 Å². The van der Waals surface area contributed by atoms with Crippen LogP contribution in [0.1, 0.15) is 30.5 Å². The molecule has 2 nitrogen and oxygen atoms in total. The highest BCUT2D eigenvalue weighted by atomic mass is 15.1. The van der Waals surface area contributed by atoms with Crippen molar-refractivity contribution in [2.75, 3.05) is 18.0 Å². The Balaban J connectivity index is 1.90. The van der Waals surface area contributed by atoms with Crippen LogP contribution in [-0.4, -0.2) is 18.1 Å². The van der Waals surface area contributed by atoms with Crippen LogP contribution in [0.3, 0.4) is 0 Å². The summed E-state index contributed by atoms with van der Waals surface area (Å²) in [6, 6.07) is 17.1. The average molecular weight is 316 g/mol. The van der Waals surface area contributed by atoms with Gasteiger partial charge in [-0.2, -0.15) is 0 Å². The van der Waals surface area contributed by atoms with E-state index in [1.165, 1.54) is 27.8 Å². The molecule has 0 unspecified atom stereocenters. The van der Waals surface area contributed by atoms with Gasteiger partial charge in [0.1, 0.15) is 0 Å². The van der Waals surface area contributed by atoms with E-state index in [2.05, 4.69) is 85.3 Å². The lowest BCUT2D eigenvalue weighted by molar-refractivity contribution is 0.866. The van der Waals surface area contributed by atoms with E-state index in [1.807, 2.05) is 12.3 Å². The van der Waals surface area contributed by atoms with Gasteiger partial charge in [0.05, 0.1) is 5.52 Å². The molecule has 0 atom stereocenters. The lowest BCUT2D eigenvalue weighted by Gasteiger charge is -2.20. The van der Waals surface area contributed by atoms with E-state index < -0.39 is 0 Å². The first-order valence-electron chi connectivity index (χ1n) is 8.60. The van der Waals surface area contributed by atoms with Gasteiger partial charge in [-0.15, -0.1) is 0 Å². The Labute approximate surface area is 144 Å². The number of aromatic nitrogens is 1. The Kier molecular flexibility index (Phi) is 4.95. The first kappa shape index (κ1) is 16.3. The molecule has 2 heteroatoms. The molecule has 0 saturated carbocycles. The molecular weight excluding hydrogens is 292 g/mol. The number of para-hydroxylation sites is 1. The second kappa shape index (κ2) is 7.31. The normalized spacial score (nSPS) is 11.3. The van der Waals surface area contributed by atoms with Gasteiger partial charge >= 0.3 is 0 Å². The monoisotopic (exact) mass is 316 g/mol. The number of nitrogens with zero attached hydrogens (tertiary/aromatic N) is 2. The van der Waals surface area contributed by atoms with Crippen molar-refractivity contribution in [2.45, 2.75) is 20.8 Å². The summed E-state index contributed by atoms with van der Waals surface area (Å²) in [5.74, 6) is 0. The maximum Gasteiger partial charge on any atom is 0.0708 e. The Morgan fingerprint density at radius 3 is 2.33 bits per heavy atom. The molecule has 0 bridgehead atoms. The number of aryl methyl sites for hydroxylation is 1. The lowest BCUT2D eigenvalue weighted by Crippen LogP contribution is -2.21. The summed E-state index contributed by atoms with van der Waals surface area (Å²) in [5, 5.41) is 1.20. The molecule has 3 aromatic rings. The third-order valence-corrected chi connectivity index (χ3v) is 4.48. The molecule has 0 aliphatic heterocycles. The van der Waals surface area contributed by atoms with Crippen LogP contribution in [0.4, 0.5) is 5.69 Å². The van der Waals surface area contributed by atoms with Crippen LogP contribution in [0.25, 0.3) is 23.1 Å². The maximum absolute atomic E-state index is 4.51. The SMILES string of the molecule is CCN(CC)c1ccc(/C=C\c2c(C)cnc3ccccc23)cc1. The highest BCUT2D eigenvalue weighted by molar-refractivity contribution is 5.91. The summed E-state index contributed by atoms with van der Waals surface area (Å²) in [4.78, 5) is 6.86. The van der Waals surface area contributed by atoms with Gasteiger partial charge in [0.2, 0.25) is 0 Å². The standard InChI is InChI=1S/C22H24N2/c1-4-24(5-2)19-13-10-18(11-14-19)12-15-20-17(3)16-23-22-9-7-6-8-21(20)22/h6-16H,4-5H2,1-3H3/b15-12-. The second-order valence-corrected chi connectivity index (χ2v) is 5.97. The van der Waals surface area contributed by atoms with Crippen LogP contribution in [0, 0.1) is 6.92 Å². The summed E-state index contributed by atoms with van der Waals surface area (Å²) < 4.78 is 0. The van der Waals surface area contributed by atoms with E-state index in [4.69, 9.17) is 0 Å². The van der Waals surface area contributed by atoms with Gasteiger partial charge in [-0.25, -0.2) is 0 Å². The molecule has 1 heterocycles. The van der Waals surface area contributed by atoms with Gasteiger partial charge < -0.3 is 4.90 Å². The van der Waals surface area contributed by atoms with Crippen LogP contribution in [0.5, 0.6) is 0 Å². The van der Waals surface area contributed by atoms with Gasteiger partial charge in [0, 0.05) is 30.4 Å². The molecule has 1 aromatic heterocycles. The van der Waals surface area contributed by atoms with Crippen molar-refractivity contribution in [3.05, 3.63) is 71.4 Å². The summed E-state index contributed by atoms with van der Waals surface area (Å²) >= 11 is 0.